The highest BCUT2D eigenvalue weighted by molar-refractivity contribution is 8.00. The molecule has 0 radical (unpaired) electrons. The van der Waals surface area contributed by atoms with Gasteiger partial charge in [0.1, 0.15) is 0 Å². The largest absolute Gasteiger partial charge is 0.325 e. The number of nitro groups is 1. The SMILES string of the molecule is CC(Sc1nnnn1C1CCCC1)C(=O)Nc1ccc(F)c([N+](=O)[O-])c1. The Balaban J connectivity index is 1.66. The molecule has 1 unspecified atom stereocenters. The van der Waals surface area contributed by atoms with Crippen molar-refractivity contribution in [3.05, 3.63) is 34.1 Å². The number of amides is 1. The summed E-state index contributed by atoms with van der Waals surface area (Å²) < 4.78 is 15.1. The van der Waals surface area contributed by atoms with Crippen LogP contribution in [-0.2, 0) is 4.79 Å². The van der Waals surface area contributed by atoms with Gasteiger partial charge in [0.15, 0.2) is 0 Å². The molecule has 3 rings (SSSR count). The topological polar surface area (TPSA) is 116 Å². The van der Waals surface area contributed by atoms with Crippen molar-refractivity contribution in [1.29, 1.82) is 0 Å². The molecule has 9 nitrogen and oxygen atoms in total. The van der Waals surface area contributed by atoms with Crippen LogP contribution in [0.4, 0.5) is 15.8 Å². The van der Waals surface area contributed by atoms with Crippen molar-refractivity contribution in [3.8, 4) is 0 Å². The van der Waals surface area contributed by atoms with E-state index in [4.69, 9.17) is 0 Å². The fourth-order valence-corrected chi connectivity index (χ4v) is 3.69. The number of anilines is 1. The number of halogens is 1. The highest BCUT2D eigenvalue weighted by atomic mass is 32.2. The highest BCUT2D eigenvalue weighted by Gasteiger charge is 2.25. The standard InChI is InChI=1S/C15H17FN6O3S/c1-9(26-15-18-19-20-21(15)11-4-2-3-5-11)14(23)17-10-6-7-12(16)13(8-10)22(24)25/h6-9,11H,2-5H2,1H3,(H,17,23). The van der Waals surface area contributed by atoms with E-state index in [2.05, 4.69) is 20.8 Å². The van der Waals surface area contributed by atoms with E-state index in [0.29, 0.717) is 5.16 Å². The van der Waals surface area contributed by atoms with Gasteiger partial charge in [0, 0.05) is 11.8 Å². The van der Waals surface area contributed by atoms with Crippen molar-refractivity contribution in [3.63, 3.8) is 0 Å². The Morgan fingerprint density at radius 1 is 1.46 bits per heavy atom. The summed E-state index contributed by atoms with van der Waals surface area (Å²) in [6.07, 6.45) is 4.29. The van der Waals surface area contributed by atoms with Crippen molar-refractivity contribution >= 4 is 29.0 Å². The third kappa shape index (κ3) is 3.98. The first-order chi connectivity index (χ1) is 12.5. The molecule has 1 amide bonds. The van der Waals surface area contributed by atoms with Crippen LogP contribution in [0, 0.1) is 15.9 Å². The smallest absolute Gasteiger partial charge is 0.306 e. The number of benzene rings is 1. The molecule has 11 heteroatoms. The Bertz CT molecular complexity index is 823. The molecule has 2 aromatic rings. The molecule has 1 aliphatic carbocycles. The quantitative estimate of drug-likeness (QED) is 0.465. The van der Waals surface area contributed by atoms with Crippen molar-refractivity contribution in [2.75, 3.05) is 5.32 Å². The van der Waals surface area contributed by atoms with Gasteiger partial charge in [-0.1, -0.05) is 24.6 Å². The van der Waals surface area contributed by atoms with E-state index in [-0.39, 0.29) is 17.6 Å². The molecule has 0 aliphatic heterocycles. The predicted octanol–water partition coefficient (Wildman–Crippen LogP) is 2.95. The maximum Gasteiger partial charge on any atom is 0.306 e. The second-order valence-corrected chi connectivity index (χ2v) is 7.32. The second kappa shape index (κ2) is 7.77. The van der Waals surface area contributed by atoms with Gasteiger partial charge in [-0.15, -0.1) is 5.10 Å². The minimum Gasteiger partial charge on any atom is -0.325 e. The van der Waals surface area contributed by atoms with Crippen LogP contribution in [0.5, 0.6) is 0 Å². The summed E-state index contributed by atoms with van der Waals surface area (Å²) in [4.78, 5) is 22.3. The average molecular weight is 380 g/mol. The number of nitro benzene ring substituents is 1. The number of carbonyl (C=O) groups is 1. The molecule has 1 aromatic heterocycles. The van der Waals surface area contributed by atoms with Gasteiger partial charge in [-0.2, -0.15) is 4.39 Å². The number of aromatic nitrogens is 4. The molecule has 1 N–H and O–H groups in total. The molecule has 26 heavy (non-hydrogen) atoms. The van der Waals surface area contributed by atoms with Gasteiger partial charge in [-0.05, 0) is 42.3 Å². The summed E-state index contributed by atoms with van der Waals surface area (Å²) in [5.74, 6) is -1.33. The Morgan fingerprint density at radius 3 is 2.88 bits per heavy atom. The lowest BCUT2D eigenvalue weighted by Gasteiger charge is -2.14. The zero-order valence-electron chi connectivity index (χ0n) is 14.0. The van der Waals surface area contributed by atoms with E-state index in [1.807, 2.05) is 0 Å². The number of rotatable bonds is 6. The minimum absolute atomic E-state index is 0.158. The molecule has 0 saturated heterocycles. The number of nitrogens with one attached hydrogen (secondary N) is 1. The summed E-state index contributed by atoms with van der Waals surface area (Å²) >= 11 is 1.21. The third-order valence-corrected chi connectivity index (χ3v) is 5.24. The monoisotopic (exact) mass is 380 g/mol. The molecule has 1 heterocycles. The minimum atomic E-state index is -0.953. The van der Waals surface area contributed by atoms with Gasteiger partial charge in [0.2, 0.25) is 16.9 Å². The molecule has 0 bridgehead atoms. The first kappa shape index (κ1) is 18.2. The Morgan fingerprint density at radius 2 is 2.19 bits per heavy atom. The van der Waals surface area contributed by atoms with Gasteiger partial charge < -0.3 is 5.32 Å². The summed E-state index contributed by atoms with van der Waals surface area (Å²) in [7, 11) is 0. The molecule has 0 spiro atoms. The van der Waals surface area contributed by atoms with Crippen LogP contribution in [0.2, 0.25) is 0 Å². The lowest BCUT2D eigenvalue weighted by molar-refractivity contribution is -0.387. The zero-order chi connectivity index (χ0) is 18.7. The van der Waals surface area contributed by atoms with Crippen LogP contribution in [0.3, 0.4) is 0 Å². The Labute approximate surface area is 152 Å². The molecular weight excluding hydrogens is 363 g/mol. The first-order valence-corrected chi connectivity index (χ1v) is 9.03. The van der Waals surface area contributed by atoms with Crippen molar-refractivity contribution in [2.24, 2.45) is 0 Å². The molecular formula is C15H17FN6O3S. The van der Waals surface area contributed by atoms with Crippen LogP contribution >= 0.6 is 11.8 Å². The van der Waals surface area contributed by atoms with Gasteiger partial charge in [-0.3, -0.25) is 14.9 Å². The van der Waals surface area contributed by atoms with E-state index in [0.717, 1.165) is 37.8 Å². The van der Waals surface area contributed by atoms with E-state index in [1.165, 1.54) is 17.8 Å². The van der Waals surface area contributed by atoms with Crippen molar-refractivity contribution < 1.29 is 14.1 Å². The van der Waals surface area contributed by atoms with Gasteiger partial charge in [-0.25, -0.2) is 4.68 Å². The number of thioether (sulfide) groups is 1. The number of tetrazole rings is 1. The van der Waals surface area contributed by atoms with Crippen molar-refractivity contribution in [1.82, 2.24) is 20.2 Å². The summed E-state index contributed by atoms with van der Waals surface area (Å²) in [6, 6.07) is 3.47. The fraction of sp³-hybridized carbons (Fsp3) is 0.467. The lowest BCUT2D eigenvalue weighted by Crippen LogP contribution is -2.23. The average Bonchev–Trinajstić information content (AvgIpc) is 3.27. The van der Waals surface area contributed by atoms with E-state index in [9.17, 15) is 19.3 Å². The molecule has 1 aliphatic rings. The van der Waals surface area contributed by atoms with E-state index >= 15 is 0 Å². The predicted molar refractivity (Wildman–Crippen MR) is 92.3 cm³/mol. The van der Waals surface area contributed by atoms with Gasteiger partial charge in [0.05, 0.1) is 16.2 Å². The van der Waals surface area contributed by atoms with Crippen LogP contribution in [0.15, 0.2) is 23.4 Å². The first-order valence-electron chi connectivity index (χ1n) is 8.15. The molecule has 1 atom stereocenters. The fourth-order valence-electron chi connectivity index (χ4n) is 2.83. The lowest BCUT2D eigenvalue weighted by atomic mass is 10.2. The summed E-state index contributed by atoms with van der Waals surface area (Å²) in [5.41, 5.74) is -0.529. The van der Waals surface area contributed by atoms with E-state index < -0.39 is 21.7 Å². The number of carbonyl (C=O) groups excluding carboxylic acids is 1. The number of hydrogen-bond donors (Lipinski definition) is 1. The van der Waals surface area contributed by atoms with Crippen LogP contribution < -0.4 is 5.32 Å². The summed E-state index contributed by atoms with van der Waals surface area (Å²) in [6.45, 7) is 1.69. The van der Waals surface area contributed by atoms with Crippen LogP contribution in [-0.4, -0.2) is 36.3 Å². The maximum atomic E-state index is 13.4. The molecule has 1 aromatic carbocycles. The normalized spacial score (nSPS) is 15.8. The number of hydrogen-bond acceptors (Lipinski definition) is 7. The van der Waals surface area contributed by atoms with Crippen molar-refractivity contribution in [2.45, 2.75) is 49.1 Å². The van der Waals surface area contributed by atoms with Gasteiger partial charge >= 0.3 is 5.69 Å². The van der Waals surface area contributed by atoms with Crippen LogP contribution in [0.1, 0.15) is 38.6 Å². The number of nitrogens with zero attached hydrogens (tertiary/aromatic N) is 5. The summed E-state index contributed by atoms with van der Waals surface area (Å²) in [5, 5.41) is 25.1. The van der Waals surface area contributed by atoms with E-state index in [1.54, 1.807) is 11.6 Å². The highest BCUT2D eigenvalue weighted by Crippen LogP contribution is 2.32. The zero-order valence-corrected chi connectivity index (χ0v) is 14.8. The van der Waals surface area contributed by atoms with Gasteiger partial charge in [0.25, 0.3) is 0 Å². The van der Waals surface area contributed by atoms with Crippen LogP contribution in [0.25, 0.3) is 0 Å². The maximum absolute atomic E-state index is 13.4. The molecule has 1 saturated carbocycles. The Hall–Kier alpha value is -2.56. The Kier molecular flexibility index (Phi) is 5.45. The third-order valence-electron chi connectivity index (χ3n) is 4.19. The second-order valence-electron chi connectivity index (χ2n) is 6.02. The molecule has 138 valence electrons. The molecule has 1 fully saturated rings.